The number of methoxy groups -OCH3 is 1. The van der Waals surface area contributed by atoms with E-state index in [4.69, 9.17) is 4.74 Å². The maximum absolute atomic E-state index is 13.3. The van der Waals surface area contributed by atoms with E-state index in [9.17, 15) is 22.7 Å². The second-order valence-corrected chi connectivity index (χ2v) is 11.9. The molecule has 3 heterocycles. The van der Waals surface area contributed by atoms with Crippen LogP contribution in [0.4, 0.5) is 10.3 Å². The first-order valence-corrected chi connectivity index (χ1v) is 13.3. The van der Waals surface area contributed by atoms with Gasteiger partial charge in [0.2, 0.25) is 5.95 Å². The molecule has 36 heavy (non-hydrogen) atoms. The molecule has 13 heteroatoms. The zero-order valence-electron chi connectivity index (χ0n) is 20.9. The molecule has 2 aliphatic rings. The lowest BCUT2D eigenvalue weighted by molar-refractivity contribution is 0.0527. The van der Waals surface area contributed by atoms with Crippen LogP contribution >= 0.6 is 0 Å². The SMILES string of the molecule is COCC(C)(C)C(=O)n1nc(C2CN(S(=O)(=O)N3CCC(O)C3)C2C)nc1NCc1ccc(F)cc1. The molecule has 1 aromatic heterocycles. The molecule has 2 aromatic rings. The number of β-amino-alcohol motifs (C(OH)–C–C–N with tert-alkyl or cyclic N) is 1. The van der Waals surface area contributed by atoms with Crippen molar-refractivity contribution in [2.75, 3.05) is 38.7 Å². The van der Waals surface area contributed by atoms with Crippen LogP contribution in [-0.4, -0.2) is 88.3 Å². The van der Waals surface area contributed by atoms with Gasteiger partial charge in [-0.15, -0.1) is 5.10 Å². The molecule has 0 aliphatic carbocycles. The van der Waals surface area contributed by atoms with Crippen molar-refractivity contribution in [1.29, 1.82) is 0 Å². The third-order valence-electron chi connectivity index (χ3n) is 6.76. The van der Waals surface area contributed by atoms with Crippen LogP contribution in [-0.2, 0) is 21.5 Å². The zero-order chi connectivity index (χ0) is 26.3. The van der Waals surface area contributed by atoms with Crippen molar-refractivity contribution in [3.63, 3.8) is 0 Å². The molecule has 4 rings (SSSR count). The Labute approximate surface area is 210 Å². The number of ether oxygens (including phenoxy) is 1. The number of nitrogens with zero attached hydrogens (tertiary/aromatic N) is 5. The minimum absolute atomic E-state index is 0.0869. The number of hydrogen-bond donors (Lipinski definition) is 2. The fourth-order valence-corrected chi connectivity index (χ4v) is 6.39. The second kappa shape index (κ2) is 10.1. The molecule has 11 nitrogen and oxygen atoms in total. The summed E-state index contributed by atoms with van der Waals surface area (Å²) in [5, 5.41) is 17.4. The minimum atomic E-state index is -3.71. The van der Waals surface area contributed by atoms with Crippen LogP contribution in [0.3, 0.4) is 0 Å². The number of aliphatic hydroxyl groups is 1. The third-order valence-corrected chi connectivity index (χ3v) is 8.82. The molecule has 0 amide bonds. The Morgan fingerprint density at radius 2 is 1.97 bits per heavy atom. The molecular formula is C23H33FN6O5S. The second-order valence-electron chi connectivity index (χ2n) is 10.0. The highest BCUT2D eigenvalue weighted by atomic mass is 32.2. The van der Waals surface area contributed by atoms with Gasteiger partial charge in [-0.25, -0.2) is 4.39 Å². The topological polar surface area (TPSA) is 130 Å². The van der Waals surface area contributed by atoms with Gasteiger partial charge >= 0.3 is 0 Å². The maximum atomic E-state index is 13.3. The number of nitrogens with one attached hydrogen (secondary N) is 1. The van der Waals surface area contributed by atoms with Gasteiger partial charge < -0.3 is 15.2 Å². The van der Waals surface area contributed by atoms with E-state index in [1.54, 1.807) is 32.9 Å². The first-order valence-electron chi connectivity index (χ1n) is 11.9. The standard InChI is InChI=1S/C23H33FN6O5S/c1-15-19(13-29(15)36(33,34)28-10-9-18(31)12-28)20-26-22(25-11-16-5-7-17(24)8-6-16)30(27-20)21(32)23(2,3)14-35-4/h5-8,15,18-19,31H,9-14H2,1-4H3,(H,25,26,27). The van der Waals surface area contributed by atoms with Crippen LogP contribution in [0, 0.1) is 11.2 Å². The van der Waals surface area contributed by atoms with Crippen molar-refractivity contribution in [3.05, 3.63) is 41.5 Å². The first kappa shape index (κ1) is 26.6. The van der Waals surface area contributed by atoms with E-state index >= 15 is 0 Å². The molecule has 2 N–H and O–H groups in total. The largest absolute Gasteiger partial charge is 0.392 e. The summed E-state index contributed by atoms with van der Waals surface area (Å²) < 4.78 is 48.4. The Hall–Kier alpha value is -2.45. The molecule has 2 aliphatic heterocycles. The quantitative estimate of drug-likeness (QED) is 0.504. The van der Waals surface area contributed by atoms with Crippen LogP contribution in [0.5, 0.6) is 0 Å². The van der Waals surface area contributed by atoms with Gasteiger partial charge in [-0.05, 0) is 44.9 Å². The molecule has 0 spiro atoms. The summed E-state index contributed by atoms with van der Waals surface area (Å²) in [4.78, 5) is 17.9. The van der Waals surface area contributed by atoms with Crippen molar-refractivity contribution in [3.8, 4) is 0 Å². The molecular weight excluding hydrogens is 491 g/mol. The summed E-state index contributed by atoms with van der Waals surface area (Å²) in [7, 11) is -2.20. The monoisotopic (exact) mass is 524 g/mol. The number of aromatic nitrogens is 3. The van der Waals surface area contributed by atoms with Crippen molar-refractivity contribution in [2.45, 2.75) is 51.8 Å². The third kappa shape index (κ3) is 5.16. The van der Waals surface area contributed by atoms with Gasteiger partial charge in [-0.3, -0.25) is 4.79 Å². The highest BCUT2D eigenvalue weighted by Crippen LogP contribution is 2.37. The number of rotatable bonds is 9. The summed E-state index contributed by atoms with van der Waals surface area (Å²) in [6.45, 7) is 6.27. The summed E-state index contributed by atoms with van der Waals surface area (Å²) in [5.74, 6) is -0.397. The van der Waals surface area contributed by atoms with E-state index in [0.29, 0.717) is 12.2 Å². The highest BCUT2D eigenvalue weighted by Gasteiger charge is 2.49. The van der Waals surface area contributed by atoms with Crippen LogP contribution in [0.15, 0.2) is 24.3 Å². The van der Waals surface area contributed by atoms with Gasteiger partial charge in [-0.1, -0.05) is 12.1 Å². The summed E-state index contributed by atoms with van der Waals surface area (Å²) in [6.07, 6.45) is -0.236. The predicted molar refractivity (Wildman–Crippen MR) is 130 cm³/mol. The van der Waals surface area contributed by atoms with Crippen molar-refractivity contribution in [1.82, 2.24) is 23.4 Å². The van der Waals surface area contributed by atoms with E-state index in [1.165, 1.54) is 32.5 Å². The number of benzene rings is 1. The molecule has 0 radical (unpaired) electrons. The fourth-order valence-electron chi connectivity index (χ4n) is 4.48. The number of aliphatic hydroxyl groups excluding tert-OH is 1. The van der Waals surface area contributed by atoms with E-state index in [2.05, 4.69) is 15.4 Å². The lowest BCUT2D eigenvalue weighted by Crippen LogP contribution is -2.59. The molecule has 0 bridgehead atoms. The normalized spacial score (nSPS) is 23.6. The number of carbonyl (C=O) groups excluding carboxylic acids is 1. The molecule has 1 aromatic carbocycles. The van der Waals surface area contributed by atoms with Crippen molar-refractivity contribution in [2.24, 2.45) is 5.41 Å². The average molecular weight is 525 g/mol. The zero-order valence-corrected chi connectivity index (χ0v) is 21.7. The number of halogens is 1. The summed E-state index contributed by atoms with van der Waals surface area (Å²) in [5.41, 5.74) is -0.0957. The van der Waals surface area contributed by atoms with E-state index in [1.807, 2.05) is 0 Å². The number of hydrogen-bond acceptors (Lipinski definition) is 8. The lowest BCUT2D eigenvalue weighted by atomic mass is 9.92. The maximum Gasteiger partial charge on any atom is 0.282 e. The Bertz CT molecular complexity index is 1200. The molecule has 2 fully saturated rings. The Morgan fingerprint density at radius 3 is 2.56 bits per heavy atom. The van der Waals surface area contributed by atoms with E-state index in [0.717, 1.165) is 5.56 Å². The Kier molecular flexibility index (Phi) is 7.49. The van der Waals surface area contributed by atoms with E-state index < -0.39 is 27.8 Å². The first-order chi connectivity index (χ1) is 16.9. The van der Waals surface area contributed by atoms with Gasteiger partial charge in [0.05, 0.1) is 24.0 Å². The van der Waals surface area contributed by atoms with Crippen molar-refractivity contribution < 1.29 is 27.4 Å². The lowest BCUT2D eigenvalue weighted by Gasteiger charge is -2.44. The highest BCUT2D eigenvalue weighted by molar-refractivity contribution is 7.86. The van der Waals surface area contributed by atoms with Gasteiger partial charge in [-0.2, -0.15) is 26.7 Å². The Balaban J connectivity index is 1.56. The van der Waals surface area contributed by atoms with Crippen LogP contribution in [0.25, 0.3) is 0 Å². The van der Waals surface area contributed by atoms with Gasteiger partial charge in [0.15, 0.2) is 5.82 Å². The molecule has 198 valence electrons. The minimum Gasteiger partial charge on any atom is -0.392 e. The van der Waals surface area contributed by atoms with Crippen LogP contribution in [0.1, 0.15) is 49.3 Å². The molecule has 2 saturated heterocycles. The molecule has 3 atom stereocenters. The van der Waals surface area contributed by atoms with Gasteiger partial charge in [0, 0.05) is 39.3 Å². The average Bonchev–Trinajstić information content (AvgIpc) is 3.44. The van der Waals surface area contributed by atoms with Gasteiger partial charge in [0.25, 0.3) is 16.1 Å². The summed E-state index contributed by atoms with van der Waals surface area (Å²) >= 11 is 0. The predicted octanol–water partition coefficient (Wildman–Crippen LogP) is 1.44. The fraction of sp³-hybridized carbons (Fsp3) is 0.609. The van der Waals surface area contributed by atoms with Gasteiger partial charge in [0.1, 0.15) is 5.82 Å². The number of carbonyl (C=O) groups is 1. The van der Waals surface area contributed by atoms with Crippen LogP contribution < -0.4 is 5.32 Å². The molecule has 3 unspecified atom stereocenters. The van der Waals surface area contributed by atoms with Crippen molar-refractivity contribution >= 4 is 22.1 Å². The Morgan fingerprint density at radius 1 is 1.28 bits per heavy atom. The summed E-state index contributed by atoms with van der Waals surface area (Å²) in [6, 6.07) is 5.55. The smallest absolute Gasteiger partial charge is 0.282 e. The molecule has 0 saturated carbocycles. The van der Waals surface area contributed by atoms with Crippen LogP contribution in [0.2, 0.25) is 0 Å². The van der Waals surface area contributed by atoms with E-state index in [-0.39, 0.29) is 56.4 Å². The number of anilines is 1.